The Morgan fingerprint density at radius 3 is 2.28 bits per heavy atom. The van der Waals surface area contributed by atoms with Crippen molar-refractivity contribution in [2.45, 2.75) is 52.2 Å². The monoisotopic (exact) mass is 416 g/mol. The van der Waals surface area contributed by atoms with Crippen LogP contribution in [0.4, 0.5) is 0 Å². The molecule has 2 atom stereocenters. The number of ether oxygens (including phenoxy) is 1. The number of hydrogen-bond donors (Lipinski definition) is 1. The van der Waals surface area contributed by atoms with E-state index in [1.54, 1.807) is 29.2 Å². The van der Waals surface area contributed by atoms with E-state index in [9.17, 15) is 9.59 Å². The number of nitrogens with one attached hydrogen (secondary N) is 1. The molecule has 0 aromatic heterocycles. The highest BCUT2D eigenvalue weighted by Crippen LogP contribution is 2.17. The predicted octanol–water partition coefficient (Wildman–Crippen LogP) is 4.44. The van der Waals surface area contributed by atoms with Gasteiger partial charge in [0.05, 0.1) is 0 Å². The van der Waals surface area contributed by atoms with E-state index in [1.165, 1.54) is 0 Å². The van der Waals surface area contributed by atoms with Crippen LogP contribution in [0.3, 0.4) is 0 Å². The minimum Gasteiger partial charge on any atom is -0.484 e. The lowest BCUT2D eigenvalue weighted by molar-refractivity contribution is -0.143. The van der Waals surface area contributed by atoms with Gasteiger partial charge in [0.1, 0.15) is 11.8 Å². The summed E-state index contributed by atoms with van der Waals surface area (Å²) in [4.78, 5) is 27.5. The second-order valence-electron chi connectivity index (χ2n) is 6.99. The SMILES string of the molecule is CC[C@H](C)NC(=O)[C@H](CC)N(Cc1ccccc1)C(=O)COc1ccc(Cl)cc1. The molecule has 2 amide bonds. The van der Waals surface area contributed by atoms with Crippen molar-refractivity contribution >= 4 is 23.4 Å². The molecule has 1 N–H and O–H groups in total. The normalized spacial score (nSPS) is 12.7. The Kier molecular flexibility index (Phi) is 9.00. The lowest BCUT2D eigenvalue weighted by atomic mass is 10.1. The maximum absolute atomic E-state index is 13.0. The summed E-state index contributed by atoms with van der Waals surface area (Å²) in [7, 11) is 0. The number of carbonyl (C=O) groups is 2. The highest BCUT2D eigenvalue weighted by atomic mass is 35.5. The minimum atomic E-state index is -0.564. The molecule has 0 fully saturated rings. The standard InChI is InChI=1S/C23H29ClN2O3/c1-4-17(3)25-23(28)21(5-2)26(15-18-9-7-6-8-10-18)22(27)16-29-20-13-11-19(24)12-14-20/h6-14,17,21H,4-5,15-16H2,1-3H3,(H,25,28)/t17-,21-/m0/s1. The lowest BCUT2D eigenvalue weighted by Crippen LogP contribution is -2.51. The van der Waals surface area contributed by atoms with Crippen LogP contribution < -0.4 is 10.1 Å². The van der Waals surface area contributed by atoms with E-state index in [1.807, 2.05) is 51.1 Å². The van der Waals surface area contributed by atoms with Crippen molar-refractivity contribution in [2.24, 2.45) is 0 Å². The van der Waals surface area contributed by atoms with Gasteiger partial charge in [0, 0.05) is 17.6 Å². The molecular formula is C23H29ClN2O3. The molecule has 0 saturated heterocycles. The number of hydrogen-bond acceptors (Lipinski definition) is 3. The number of rotatable bonds is 10. The summed E-state index contributed by atoms with van der Waals surface area (Å²) in [6.07, 6.45) is 1.34. The fourth-order valence-corrected chi connectivity index (χ4v) is 3.03. The Morgan fingerprint density at radius 2 is 1.69 bits per heavy atom. The second kappa shape index (κ2) is 11.5. The van der Waals surface area contributed by atoms with Gasteiger partial charge in [0.25, 0.3) is 5.91 Å². The predicted molar refractivity (Wildman–Crippen MR) is 116 cm³/mol. The molecular weight excluding hydrogens is 388 g/mol. The van der Waals surface area contributed by atoms with Crippen molar-refractivity contribution in [3.63, 3.8) is 0 Å². The van der Waals surface area contributed by atoms with Crippen LogP contribution in [0.2, 0.25) is 5.02 Å². The zero-order valence-corrected chi connectivity index (χ0v) is 18.0. The van der Waals surface area contributed by atoms with E-state index in [0.717, 1.165) is 12.0 Å². The Morgan fingerprint density at radius 1 is 1.03 bits per heavy atom. The molecule has 2 rings (SSSR count). The van der Waals surface area contributed by atoms with Crippen molar-refractivity contribution < 1.29 is 14.3 Å². The molecule has 0 radical (unpaired) electrons. The maximum Gasteiger partial charge on any atom is 0.261 e. The van der Waals surface area contributed by atoms with E-state index < -0.39 is 6.04 Å². The third-order valence-corrected chi connectivity index (χ3v) is 5.01. The van der Waals surface area contributed by atoms with Crippen LogP contribution in [0.1, 0.15) is 39.2 Å². The highest BCUT2D eigenvalue weighted by Gasteiger charge is 2.29. The molecule has 2 aromatic carbocycles. The van der Waals surface area contributed by atoms with Crippen molar-refractivity contribution in [1.29, 1.82) is 0 Å². The first-order valence-electron chi connectivity index (χ1n) is 9.96. The van der Waals surface area contributed by atoms with E-state index in [4.69, 9.17) is 16.3 Å². The fourth-order valence-electron chi connectivity index (χ4n) is 2.90. The molecule has 0 unspecified atom stereocenters. The summed E-state index contributed by atoms with van der Waals surface area (Å²) in [6, 6.07) is 16.0. The molecule has 0 heterocycles. The first-order valence-corrected chi connectivity index (χ1v) is 10.3. The smallest absolute Gasteiger partial charge is 0.261 e. The third kappa shape index (κ3) is 7.09. The number of benzene rings is 2. The zero-order valence-electron chi connectivity index (χ0n) is 17.2. The van der Waals surface area contributed by atoms with Crippen LogP contribution >= 0.6 is 11.6 Å². The highest BCUT2D eigenvalue weighted by molar-refractivity contribution is 6.30. The van der Waals surface area contributed by atoms with Gasteiger partial charge in [-0.05, 0) is 49.6 Å². The van der Waals surface area contributed by atoms with Crippen molar-refractivity contribution in [1.82, 2.24) is 10.2 Å². The number of halogens is 1. The average Bonchev–Trinajstić information content (AvgIpc) is 2.73. The topological polar surface area (TPSA) is 58.6 Å². The van der Waals surface area contributed by atoms with Gasteiger partial charge in [-0.3, -0.25) is 9.59 Å². The van der Waals surface area contributed by atoms with Gasteiger partial charge in [-0.1, -0.05) is 55.8 Å². The molecule has 0 spiro atoms. The maximum atomic E-state index is 13.0. The summed E-state index contributed by atoms with van der Waals surface area (Å²) in [5.41, 5.74) is 0.960. The summed E-state index contributed by atoms with van der Waals surface area (Å²) in [6.45, 7) is 6.07. The Bertz CT molecular complexity index is 780. The molecule has 0 bridgehead atoms. The zero-order chi connectivity index (χ0) is 21.2. The molecule has 6 heteroatoms. The first kappa shape index (κ1) is 22.8. The largest absolute Gasteiger partial charge is 0.484 e. The van der Waals surface area contributed by atoms with Crippen molar-refractivity contribution in [3.05, 3.63) is 65.2 Å². The van der Waals surface area contributed by atoms with Gasteiger partial charge in [-0.25, -0.2) is 0 Å². The molecule has 0 saturated carbocycles. The number of carbonyl (C=O) groups excluding carboxylic acids is 2. The van der Waals surface area contributed by atoms with Gasteiger partial charge in [0.15, 0.2) is 6.61 Å². The number of nitrogens with zero attached hydrogens (tertiary/aromatic N) is 1. The Hall–Kier alpha value is -2.53. The van der Waals surface area contributed by atoms with Crippen LogP contribution in [0, 0.1) is 0 Å². The molecule has 29 heavy (non-hydrogen) atoms. The fraction of sp³-hybridized carbons (Fsp3) is 0.391. The molecule has 0 aliphatic heterocycles. The van der Waals surface area contributed by atoms with Crippen LogP contribution in [-0.4, -0.2) is 35.4 Å². The van der Waals surface area contributed by atoms with E-state index in [0.29, 0.717) is 23.7 Å². The van der Waals surface area contributed by atoms with Gasteiger partial charge in [-0.15, -0.1) is 0 Å². The molecule has 5 nitrogen and oxygen atoms in total. The van der Waals surface area contributed by atoms with Gasteiger partial charge in [-0.2, -0.15) is 0 Å². The van der Waals surface area contributed by atoms with Gasteiger partial charge < -0.3 is 15.0 Å². The minimum absolute atomic E-state index is 0.0514. The second-order valence-corrected chi connectivity index (χ2v) is 7.43. The van der Waals surface area contributed by atoms with E-state index in [2.05, 4.69) is 5.32 Å². The average molecular weight is 417 g/mol. The first-order chi connectivity index (χ1) is 13.9. The lowest BCUT2D eigenvalue weighted by Gasteiger charge is -2.31. The number of amides is 2. The van der Waals surface area contributed by atoms with E-state index >= 15 is 0 Å². The summed E-state index contributed by atoms with van der Waals surface area (Å²) < 4.78 is 5.64. The van der Waals surface area contributed by atoms with Crippen LogP contribution in [0.15, 0.2) is 54.6 Å². The van der Waals surface area contributed by atoms with Gasteiger partial charge >= 0.3 is 0 Å². The van der Waals surface area contributed by atoms with E-state index in [-0.39, 0.29) is 24.5 Å². The van der Waals surface area contributed by atoms with Crippen LogP contribution in [-0.2, 0) is 16.1 Å². The third-order valence-electron chi connectivity index (χ3n) is 4.76. The summed E-state index contributed by atoms with van der Waals surface area (Å²) in [5.74, 6) is 0.173. The molecule has 2 aromatic rings. The molecule has 156 valence electrons. The van der Waals surface area contributed by atoms with Crippen molar-refractivity contribution in [3.8, 4) is 5.75 Å². The van der Waals surface area contributed by atoms with Crippen molar-refractivity contribution in [2.75, 3.05) is 6.61 Å². The van der Waals surface area contributed by atoms with Crippen LogP contribution in [0.5, 0.6) is 5.75 Å². The van der Waals surface area contributed by atoms with Crippen LogP contribution in [0.25, 0.3) is 0 Å². The quantitative estimate of drug-likeness (QED) is 0.622. The Labute approximate surface area is 178 Å². The molecule has 0 aliphatic rings. The molecule has 0 aliphatic carbocycles. The summed E-state index contributed by atoms with van der Waals surface area (Å²) in [5, 5.41) is 3.59. The Balaban J connectivity index is 2.16. The van der Waals surface area contributed by atoms with Gasteiger partial charge in [0.2, 0.25) is 5.91 Å². The summed E-state index contributed by atoms with van der Waals surface area (Å²) >= 11 is 5.89.